The first-order valence-electron chi connectivity index (χ1n) is 9.27. The van der Waals surface area contributed by atoms with Gasteiger partial charge in [-0.1, -0.05) is 37.3 Å². The Hall–Kier alpha value is -2.34. The molecule has 4 N–H and O–H groups in total. The molecule has 0 bridgehead atoms. The van der Waals surface area contributed by atoms with Crippen LogP contribution in [-0.4, -0.2) is 65.1 Å². The summed E-state index contributed by atoms with van der Waals surface area (Å²) in [5.41, 5.74) is 7.38. The van der Waals surface area contributed by atoms with Crippen molar-refractivity contribution in [3.63, 3.8) is 0 Å². The van der Waals surface area contributed by atoms with Crippen LogP contribution < -0.4 is 5.73 Å². The van der Waals surface area contributed by atoms with Gasteiger partial charge in [0.2, 0.25) is 0 Å². The number of carboxylic acid groups (broad SMARTS) is 2. The number of hydrogen-bond acceptors (Lipinski definition) is 4. The molecule has 1 aromatic rings. The fourth-order valence-corrected chi connectivity index (χ4v) is 2.50. The van der Waals surface area contributed by atoms with Gasteiger partial charge >= 0.3 is 24.3 Å². The van der Waals surface area contributed by atoms with Gasteiger partial charge in [-0.15, -0.1) is 0 Å². The molecule has 0 aliphatic carbocycles. The molecule has 1 aliphatic rings. The molecule has 0 radical (unpaired) electrons. The minimum Gasteiger partial charge on any atom is -0.475 e. The number of carboxylic acids is 2. The minimum atomic E-state index is -5.08. The number of piperidine rings is 1. The van der Waals surface area contributed by atoms with Gasteiger partial charge in [0, 0.05) is 6.04 Å². The highest BCUT2D eigenvalue weighted by Crippen LogP contribution is 2.20. The zero-order valence-electron chi connectivity index (χ0n) is 16.8. The number of rotatable bonds is 4. The molecule has 1 atom stereocenters. The Morgan fingerprint density at radius 1 is 1.00 bits per heavy atom. The largest absolute Gasteiger partial charge is 0.490 e. The number of nitrogens with zero attached hydrogens (tertiary/aromatic N) is 1. The van der Waals surface area contributed by atoms with E-state index in [4.69, 9.17) is 25.5 Å². The summed E-state index contributed by atoms with van der Waals surface area (Å²) in [6, 6.07) is 11.3. The molecule has 0 amide bonds. The Bertz CT molecular complexity index is 636. The molecule has 178 valence electrons. The molecule has 6 nitrogen and oxygen atoms in total. The fraction of sp³-hybridized carbons (Fsp3) is 0.579. The number of aliphatic carboxylic acids is 2. The molecule has 1 saturated heterocycles. The Morgan fingerprint density at radius 3 is 1.74 bits per heavy atom. The van der Waals surface area contributed by atoms with Crippen molar-refractivity contribution in [2.45, 2.75) is 50.5 Å². The van der Waals surface area contributed by atoms with Crippen molar-refractivity contribution < 1.29 is 46.1 Å². The molecule has 0 aromatic heterocycles. The summed E-state index contributed by atoms with van der Waals surface area (Å²) in [5.74, 6) is -4.85. The van der Waals surface area contributed by atoms with E-state index in [0.29, 0.717) is 12.0 Å². The average molecular weight is 460 g/mol. The predicted octanol–water partition coefficient (Wildman–Crippen LogP) is 3.87. The molecule has 1 fully saturated rings. The molecule has 0 spiro atoms. The summed E-state index contributed by atoms with van der Waals surface area (Å²) in [5, 5.41) is 14.2. The Kier molecular flexibility index (Phi) is 12.2. The van der Waals surface area contributed by atoms with E-state index in [9.17, 15) is 26.3 Å². The third kappa shape index (κ3) is 13.6. The molecule has 2 rings (SSSR count). The van der Waals surface area contributed by atoms with Crippen LogP contribution in [0.4, 0.5) is 26.3 Å². The molecule has 1 aliphatic heterocycles. The number of nitrogens with two attached hydrogens (primary N) is 1. The van der Waals surface area contributed by atoms with Gasteiger partial charge in [-0.2, -0.15) is 26.3 Å². The Morgan fingerprint density at radius 2 is 1.39 bits per heavy atom. The van der Waals surface area contributed by atoms with E-state index in [1.165, 1.54) is 44.5 Å². The van der Waals surface area contributed by atoms with Crippen LogP contribution in [0, 0.1) is 0 Å². The van der Waals surface area contributed by atoms with E-state index in [-0.39, 0.29) is 0 Å². The van der Waals surface area contributed by atoms with E-state index in [1.54, 1.807) is 0 Å². The second-order valence-corrected chi connectivity index (χ2v) is 6.89. The van der Waals surface area contributed by atoms with Gasteiger partial charge in [-0.25, -0.2) is 9.59 Å². The van der Waals surface area contributed by atoms with Crippen LogP contribution >= 0.6 is 0 Å². The number of likely N-dealkylation sites (tertiary alicyclic amines) is 1. The van der Waals surface area contributed by atoms with Gasteiger partial charge in [0.25, 0.3) is 0 Å². The second kappa shape index (κ2) is 13.2. The summed E-state index contributed by atoms with van der Waals surface area (Å²) in [6.07, 6.45) is -6.58. The summed E-state index contributed by atoms with van der Waals surface area (Å²) >= 11 is 0. The first-order chi connectivity index (χ1) is 14.1. The quantitative estimate of drug-likeness (QED) is 0.590. The van der Waals surface area contributed by atoms with Crippen LogP contribution in [-0.2, 0) is 9.59 Å². The molecule has 1 heterocycles. The Labute approximate surface area is 175 Å². The van der Waals surface area contributed by atoms with Crippen LogP contribution in [0.3, 0.4) is 0 Å². The van der Waals surface area contributed by atoms with Crippen LogP contribution in [0.2, 0.25) is 0 Å². The van der Waals surface area contributed by atoms with Gasteiger partial charge in [0.1, 0.15) is 0 Å². The molecule has 31 heavy (non-hydrogen) atoms. The lowest BCUT2D eigenvalue weighted by molar-refractivity contribution is -0.193. The van der Waals surface area contributed by atoms with Crippen molar-refractivity contribution in [3.05, 3.63) is 35.9 Å². The molecule has 1 unspecified atom stereocenters. The van der Waals surface area contributed by atoms with Crippen molar-refractivity contribution in [3.8, 4) is 0 Å². The highest BCUT2D eigenvalue weighted by molar-refractivity contribution is 5.73. The van der Waals surface area contributed by atoms with Crippen LogP contribution in [0.1, 0.15) is 37.7 Å². The molecular weight excluding hydrogens is 434 g/mol. The van der Waals surface area contributed by atoms with Crippen LogP contribution in [0.15, 0.2) is 30.3 Å². The van der Waals surface area contributed by atoms with Gasteiger partial charge < -0.3 is 20.8 Å². The highest BCUT2D eigenvalue weighted by atomic mass is 19.4. The smallest absolute Gasteiger partial charge is 0.475 e. The standard InChI is InChI=1S/C15H24N2.2C2HF3O2/c1-13(14-5-3-2-4-6-14)7-10-17-11-8-15(16)9-12-17;2*3-2(4,5)1(6)7/h2-6,13,15H,7-12,16H2,1H3;2*(H,6,7). The lowest BCUT2D eigenvalue weighted by Gasteiger charge is -2.30. The highest BCUT2D eigenvalue weighted by Gasteiger charge is 2.38. The molecular formula is C19H26F6N2O4. The zero-order chi connectivity index (χ0) is 24.2. The van der Waals surface area contributed by atoms with Crippen molar-refractivity contribution in [2.75, 3.05) is 19.6 Å². The van der Waals surface area contributed by atoms with E-state index in [2.05, 4.69) is 42.2 Å². The number of halogens is 6. The van der Waals surface area contributed by atoms with Crippen LogP contribution in [0.25, 0.3) is 0 Å². The maximum Gasteiger partial charge on any atom is 0.490 e. The maximum absolute atomic E-state index is 10.6. The first kappa shape index (κ1) is 28.7. The summed E-state index contributed by atoms with van der Waals surface area (Å²) < 4.78 is 63.5. The SMILES string of the molecule is CC(CCN1CCC(N)CC1)c1ccccc1.O=C(O)C(F)(F)F.O=C(O)C(F)(F)F. The number of alkyl halides is 6. The normalized spacial score (nSPS) is 16.3. The molecule has 0 saturated carbocycles. The van der Waals surface area contributed by atoms with Gasteiger partial charge in [-0.3, -0.25) is 0 Å². The molecule has 1 aromatic carbocycles. The third-order valence-corrected chi connectivity index (χ3v) is 4.36. The number of hydrogen-bond donors (Lipinski definition) is 3. The Balaban J connectivity index is 0.000000536. The summed E-state index contributed by atoms with van der Waals surface area (Å²) in [7, 11) is 0. The second-order valence-electron chi connectivity index (χ2n) is 6.89. The van der Waals surface area contributed by atoms with Gasteiger partial charge in [0.05, 0.1) is 0 Å². The van der Waals surface area contributed by atoms with Crippen molar-refractivity contribution >= 4 is 11.9 Å². The zero-order valence-corrected chi connectivity index (χ0v) is 16.8. The van der Waals surface area contributed by atoms with E-state index < -0.39 is 24.3 Å². The number of carbonyl (C=O) groups is 2. The maximum atomic E-state index is 10.6. The average Bonchev–Trinajstić information content (AvgIpc) is 2.67. The lowest BCUT2D eigenvalue weighted by Crippen LogP contribution is -2.40. The monoisotopic (exact) mass is 460 g/mol. The van der Waals surface area contributed by atoms with Crippen molar-refractivity contribution in [1.82, 2.24) is 4.90 Å². The molecule has 12 heteroatoms. The van der Waals surface area contributed by atoms with Crippen LogP contribution in [0.5, 0.6) is 0 Å². The van der Waals surface area contributed by atoms with E-state index >= 15 is 0 Å². The van der Waals surface area contributed by atoms with Gasteiger partial charge in [0.15, 0.2) is 0 Å². The summed E-state index contributed by atoms with van der Waals surface area (Å²) in [4.78, 5) is 20.3. The topological polar surface area (TPSA) is 104 Å². The van der Waals surface area contributed by atoms with Crippen molar-refractivity contribution in [1.29, 1.82) is 0 Å². The van der Waals surface area contributed by atoms with Crippen molar-refractivity contribution in [2.24, 2.45) is 5.73 Å². The summed E-state index contributed by atoms with van der Waals surface area (Å²) in [6.45, 7) is 5.90. The van der Waals surface area contributed by atoms with E-state index in [1.807, 2.05) is 0 Å². The predicted molar refractivity (Wildman–Crippen MR) is 101 cm³/mol. The van der Waals surface area contributed by atoms with E-state index in [0.717, 1.165) is 0 Å². The third-order valence-electron chi connectivity index (χ3n) is 4.36. The van der Waals surface area contributed by atoms with Gasteiger partial charge in [-0.05, 0) is 50.4 Å². The minimum absolute atomic E-state index is 0.442. The number of benzene rings is 1. The fourth-order valence-electron chi connectivity index (χ4n) is 2.50. The first-order valence-corrected chi connectivity index (χ1v) is 9.27. The lowest BCUT2D eigenvalue weighted by atomic mass is 9.97.